The van der Waals surface area contributed by atoms with Crippen LogP contribution in [0, 0.1) is 0 Å². The molecule has 0 bridgehead atoms. The van der Waals surface area contributed by atoms with E-state index in [4.69, 9.17) is 9.72 Å². The van der Waals surface area contributed by atoms with Crippen LogP contribution in [-0.4, -0.2) is 17.6 Å². The quantitative estimate of drug-likeness (QED) is 0.544. The first-order valence-electron chi connectivity index (χ1n) is 8.08. The minimum atomic E-state index is -1.24. The van der Waals surface area contributed by atoms with Crippen LogP contribution in [0.15, 0.2) is 60.7 Å². The summed E-state index contributed by atoms with van der Waals surface area (Å²) in [5.74, 6) is -0.741. The maximum atomic E-state index is 10.4. The van der Waals surface area contributed by atoms with Gasteiger partial charge >= 0.3 is 0 Å². The van der Waals surface area contributed by atoms with Gasteiger partial charge in [-0.25, -0.2) is 4.98 Å². The number of carbonyl (C=O) groups excluding carboxylic acids is 1. The predicted molar refractivity (Wildman–Crippen MR) is 103 cm³/mol. The lowest BCUT2D eigenvalue weighted by Gasteiger charge is -2.06. The third-order valence-corrected chi connectivity index (χ3v) is 4.94. The molecule has 0 fully saturated rings. The molecule has 26 heavy (non-hydrogen) atoms. The highest BCUT2D eigenvalue weighted by atomic mass is 32.1. The van der Waals surface area contributed by atoms with Gasteiger partial charge in [-0.1, -0.05) is 48.5 Å². The number of ether oxygens (including phenoxy) is 1. The van der Waals surface area contributed by atoms with E-state index in [1.165, 1.54) is 5.39 Å². The van der Waals surface area contributed by atoms with Crippen LogP contribution < -0.4 is 9.84 Å². The molecular formula is C21H14NO3S-. The molecule has 5 heteroatoms. The van der Waals surface area contributed by atoms with Crippen molar-refractivity contribution < 1.29 is 14.6 Å². The topological polar surface area (TPSA) is 62.2 Å². The van der Waals surface area contributed by atoms with Crippen molar-refractivity contribution in [2.24, 2.45) is 0 Å². The molecule has 1 aromatic heterocycles. The first-order valence-corrected chi connectivity index (χ1v) is 8.90. The van der Waals surface area contributed by atoms with Gasteiger partial charge < -0.3 is 14.6 Å². The summed E-state index contributed by atoms with van der Waals surface area (Å²) < 4.78 is 6.23. The number of hydrogen-bond donors (Lipinski definition) is 0. The van der Waals surface area contributed by atoms with Gasteiger partial charge in [-0.2, -0.15) is 0 Å². The van der Waals surface area contributed by atoms with Gasteiger partial charge in [-0.3, -0.25) is 0 Å². The van der Waals surface area contributed by atoms with Crippen LogP contribution in [0.25, 0.3) is 33.1 Å². The highest BCUT2D eigenvalue weighted by Crippen LogP contribution is 2.30. The predicted octanol–water partition coefficient (Wildman–Crippen LogP) is 3.75. The molecule has 1 heterocycles. The van der Waals surface area contributed by atoms with Crippen LogP contribution in [0.3, 0.4) is 0 Å². The molecule has 0 unspecified atom stereocenters. The third-order valence-electron chi connectivity index (χ3n) is 3.96. The summed E-state index contributed by atoms with van der Waals surface area (Å²) in [5.41, 5.74) is 2.01. The van der Waals surface area contributed by atoms with Crippen LogP contribution in [-0.2, 0) is 4.79 Å². The van der Waals surface area contributed by atoms with Crippen molar-refractivity contribution in [1.29, 1.82) is 0 Å². The Labute approximate surface area is 154 Å². The molecule has 0 aliphatic rings. The van der Waals surface area contributed by atoms with Crippen LogP contribution in [0.1, 0.15) is 10.6 Å². The fourth-order valence-corrected chi connectivity index (χ4v) is 3.62. The highest BCUT2D eigenvalue weighted by Gasteiger charge is 2.05. The van der Waals surface area contributed by atoms with Gasteiger partial charge in [0, 0.05) is 5.39 Å². The van der Waals surface area contributed by atoms with Crippen molar-refractivity contribution in [1.82, 2.24) is 4.98 Å². The Hall–Kier alpha value is -3.18. The summed E-state index contributed by atoms with van der Waals surface area (Å²) in [5, 5.41) is 13.7. The average Bonchev–Trinajstić information content (AvgIpc) is 3.09. The van der Waals surface area contributed by atoms with Gasteiger partial charge in [0.2, 0.25) is 0 Å². The minimum Gasteiger partial charge on any atom is -0.546 e. The molecule has 0 aliphatic heterocycles. The molecule has 0 saturated carbocycles. The van der Waals surface area contributed by atoms with Crippen molar-refractivity contribution in [3.63, 3.8) is 0 Å². The van der Waals surface area contributed by atoms with E-state index >= 15 is 0 Å². The zero-order valence-electron chi connectivity index (χ0n) is 13.7. The van der Waals surface area contributed by atoms with Gasteiger partial charge in [0.1, 0.15) is 17.4 Å². The number of benzene rings is 3. The molecule has 128 valence electrons. The Kier molecular flexibility index (Phi) is 4.37. The molecule has 3 aromatic carbocycles. The number of fused-ring (bicyclic) bond motifs is 3. The first kappa shape index (κ1) is 16.3. The van der Waals surface area contributed by atoms with Crippen LogP contribution in [0.4, 0.5) is 0 Å². The number of nitrogens with zero attached hydrogens (tertiary/aromatic N) is 1. The molecule has 0 aliphatic carbocycles. The molecular weight excluding hydrogens is 346 g/mol. The number of carbonyl (C=O) groups is 1. The lowest BCUT2D eigenvalue weighted by atomic mass is 10.1. The standard InChI is InChI=1S/C21H15NO3S/c23-20(24)13-25-16-9-5-14(6-10-16)7-12-19-22-21-17-4-2-1-3-15(17)8-11-18(21)26-19/h1-12H,13H2,(H,23,24)/p-1/b12-7+. The van der Waals surface area contributed by atoms with Crippen molar-refractivity contribution in [2.75, 3.05) is 6.61 Å². The Bertz CT molecular complexity index is 1110. The third kappa shape index (κ3) is 3.43. The Morgan fingerprint density at radius 1 is 1.04 bits per heavy atom. The Morgan fingerprint density at radius 2 is 1.85 bits per heavy atom. The summed E-state index contributed by atoms with van der Waals surface area (Å²) in [6.45, 7) is -0.450. The number of carboxylic acid groups (broad SMARTS) is 1. The minimum absolute atomic E-state index is 0.450. The van der Waals surface area contributed by atoms with E-state index in [2.05, 4.69) is 24.3 Å². The fraction of sp³-hybridized carbons (Fsp3) is 0.0476. The van der Waals surface area contributed by atoms with Crippen molar-refractivity contribution in [3.8, 4) is 5.75 Å². The van der Waals surface area contributed by atoms with Crippen molar-refractivity contribution in [3.05, 3.63) is 71.2 Å². The smallest absolute Gasteiger partial charge is 0.128 e. The maximum absolute atomic E-state index is 10.4. The monoisotopic (exact) mass is 360 g/mol. The lowest BCUT2D eigenvalue weighted by molar-refractivity contribution is -0.307. The zero-order valence-corrected chi connectivity index (χ0v) is 14.5. The van der Waals surface area contributed by atoms with E-state index in [-0.39, 0.29) is 0 Å². The summed E-state index contributed by atoms with van der Waals surface area (Å²) in [6, 6.07) is 19.7. The van der Waals surface area contributed by atoms with Crippen LogP contribution in [0.5, 0.6) is 5.75 Å². The van der Waals surface area contributed by atoms with E-state index in [0.29, 0.717) is 5.75 Å². The molecule has 0 spiro atoms. The summed E-state index contributed by atoms with van der Waals surface area (Å²) >= 11 is 1.65. The second-order valence-electron chi connectivity index (χ2n) is 5.75. The van der Waals surface area contributed by atoms with Crippen molar-refractivity contribution >= 4 is 50.4 Å². The van der Waals surface area contributed by atoms with E-state index in [1.807, 2.05) is 36.4 Å². The molecule has 4 nitrogen and oxygen atoms in total. The number of hydrogen-bond acceptors (Lipinski definition) is 5. The van der Waals surface area contributed by atoms with E-state index in [9.17, 15) is 9.90 Å². The summed E-state index contributed by atoms with van der Waals surface area (Å²) in [7, 11) is 0. The largest absolute Gasteiger partial charge is 0.546 e. The second kappa shape index (κ2) is 6.98. The summed E-state index contributed by atoms with van der Waals surface area (Å²) in [6.07, 6.45) is 3.96. The molecule has 4 aromatic rings. The van der Waals surface area contributed by atoms with Gasteiger partial charge in [-0.05, 0) is 35.2 Å². The van der Waals surface area contributed by atoms with E-state index < -0.39 is 12.6 Å². The molecule has 4 rings (SSSR count). The zero-order chi connectivity index (χ0) is 17.9. The SMILES string of the molecule is O=C([O-])COc1ccc(/C=C/c2nc3c(ccc4ccccc43)s2)cc1. The molecule has 0 N–H and O–H groups in total. The number of rotatable bonds is 5. The molecule has 0 amide bonds. The van der Waals surface area contributed by atoms with Crippen LogP contribution >= 0.6 is 11.3 Å². The summed E-state index contributed by atoms with van der Waals surface area (Å²) in [4.78, 5) is 15.2. The average molecular weight is 360 g/mol. The normalized spacial score (nSPS) is 11.4. The van der Waals surface area contributed by atoms with Gasteiger partial charge in [-0.15, -0.1) is 11.3 Å². The van der Waals surface area contributed by atoms with Gasteiger partial charge in [0.15, 0.2) is 0 Å². The first-order chi connectivity index (χ1) is 12.7. The highest BCUT2D eigenvalue weighted by molar-refractivity contribution is 7.19. The second-order valence-corrected chi connectivity index (χ2v) is 6.81. The lowest BCUT2D eigenvalue weighted by Crippen LogP contribution is -2.28. The number of thiazole rings is 1. The molecule has 0 saturated heterocycles. The van der Waals surface area contributed by atoms with Gasteiger partial charge in [0.05, 0.1) is 16.2 Å². The fourth-order valence-electron chi connectivity index (χ4n) is 2.73. The van der Waals surface area contributed by atoms with Crippen molar-refractivity contribution in [2.45, 2.75) is 0 Å². The Morgan fingerprint density at radius 3 is 2.65 bits per heavy atom. The molecule has 0 atom stereocenters. The maximum Gasteiger partial charge on any atom is 0.128 e. The van der Waals surface area contributed by atoms with E-state index in [1.54, 1.807) is 23.5 Å². The van der Waals surface area contributed by atoms with Gasteiger partial charge in [0.25, 0.3) is 0 Å². The number of aromatic nitrogens is 1. The number of aliphatic carboxylic acids is 1. The molecule has 0 radical (unpaired) electrons. The van der Waals surface area contributed by atoms with E-state index in [0.717, 1.165) is 26.2 Å². The number of carboxylic acids is 1. The Balaban J connectivity index is 1.56. The van der Waals surface area contributed by atoms with Crippen LogP contribution in [0.2, 0.25) is 0 Å².